The highest BCUT2D eigenvalue weighted by atomic mass is 35.5. The first-order chi connectivity index (χ1) is 19.7. The molecule has 0 radical (unpaired) electrons. The van der Waals surface area contributed by atoms with Crippen LogP contribution in [0.5, 0.6) is 11.5 Å². The Morgan fingerprint density at radius 3 is 1.80 bits per heavy atom. The van der Waals surface area contributed by atoms with Gasteiger partial charge in [0.25, 0.3) is 0 Å². The van der Waals surface area contributed by atoms with E-state index in [-0.39, 0.29) is 22.7 Å². The molecule has 4 heterocycles. The van der Waals surface area contributed by atoms with Crippen molar-refractivity contribution in [1.82, 2.24) is 18.9 Å². The molecular formula is C30H29Cl2FN4O4. The molecule has 6 rings (SSSR count). The number of nitrogens with zero attached hydrogens (tertiary/aromatic N) is 4. The highest BCUT2D eigenvalue weighted by Gasteiger charge is 2.20. The van der Waals surface area contributed by atoms with Crippen molar-refractivity contribution in [2.75, 3.05) is 13.1 Å². The Hall–Kier alpha value is -3.63. The first-order valence-electron chi connectivity index (χ1n) is 13.1. The lowest BCUT2D eigenvalue weighted by Gasteiger charge is -2.30. The number of hydrogen-bond donors (Lipinski definition) is 2. The maximum absolute atomic E-state index is 13.8. The minimum Gasteiger partial charge on any atom is -0.503 e. The highest BCUT2D eigenvalue weighted by Crippen LogP contribution is 2.24. The zero-order valence-corrected chi connectivity index (χ0v) is 23.7. The normalized spacial score (nSPS) is 15.0. The molecule has 2 N–H and O–H groups in total. The maximum atomic E-state index is 13.8. The van der Waals surface area contributed by atoms with Crippen LogP contribution in [0.4, 0.5) is 4.39 Å². The lowest BCUT2D eigenvalue weighted by Crippen LogP contribution is -2.34. The number of aromatic nitrogens is 2. The van der Waals surface area contributed by atoms with Crippen molar-refractivity contribution in [3.8, 4) is 11.5 Å². The Morgan fingerprint density at radius 2 is 1.24 bits per heavy atom. The topological polar surface area (TPSA) is 90.9 Å². The van der Waals surface area contributed by atoms with Crippen LogP contribution in [0.25, 0.3) is 0 Å². The largest absolute Gasteiger partial charge is 0.503 e. The summed E-state index contributed by atoms with van der Waals surface area (Å²) >= 11 is 12.2. The van der Waals surface area contributed by atoms with E-state index in [1.165, 1.54) is 30.6 Å². The molecule has 2 aromatic heterocycles. The molecule has 11 heteroatoms. The van der Waals surface area contributed by atoms with E-state index in [9.17, 15) is 24.2 Å². The SMILES string of the molecule is O=c1cc2n(cc1O)CCN(Cc1c(F)cccc1Cl)C2.O=c1cc2n(cc1O)CCN(Cc1ccccc1Cl)C2. The number of aromatic hydroxyl groups is 2. The Labute approximate surface area is 246 Å². The second-order valence-corrected chi connectivity index (χ2v) is 10.9. The molecule has 214 valence electrons. The molecule has 0 saturated heterocycles. The first kappa shape index (κ1) is 28.9. The van der Waals surface area contributed by atoms with Crippen molar-refractivity contribution < 1.29 is 14.6 Å². The van der Waals surface area contributed by atoms with E-state index in [0.717, 1.165) is 41.6 Å². The molecule has 0 fully saturated rings. The van der Waals surface area contributed by atoms with Crippen LogP contribution < -0.4 is 10.9 Å². The first-order valence-corrected chi connectivity index (χ1v) is 13.9. The van der Waals surface area contributed by atoms with E-state index < -0.39 is 5.43 Å². The van der Waals surface area contributed by atoms with E-state index in [2.05, 4.69) is 4.90 Å². The van der Waals surface area contributed by atoms with Crippen molar-refractivity contribution in [3.63, 3.8) is 0 Å². The van der Waals surface area contributed by atoms with E-state index in [4.69, 9.17) is 23.2 Å². The van der Waals surface area contributed by atoms with Crippen LogP contribution in [-0.2, 0) is 39.3 Å². The minimum atomic E-state index is -0.396. The fourth-order valence-corrected chi connectivity index (χ4v) is 5.47. The van der Waals surface area contributed by atoms with Gasteiger partial charge in [-0.25, -0.2) is 4.39 Å². The Morgan fingerprint density at radius 1 is 0.707 bits per heavy atom. The van der Waals surface area contributed by atoms with Gasteiger partial charge >= 0.3 is 0 Å². The second kappa shape index (κ2) is 12.5. The third kappa shape index (κ3) is 6.82. The standard InChI is InChI=1S/C15H14ClFN2O2.C15H15ClN2O2/c16-12-2-1-3-13(17)11(12)8-18-4-5-19-9-15(21)14(20)6-10(19)7-18;16-13-4-2-1-3-11(13)8-17-5-6-18-10-15(20)14(19)7-12(18)9-17/h1-3,6,9,21H,4-5,7-8H2;1-4,7,10,20H,5-6,8-9H2. The third-order valence-corrected chi connectivity index (χ3v) is 8.00. The fourth-order valence-electron chi connectivity index (χ4n) is 5.05. The van der Waals surface area contributed by atoms with Gasteiger partial charge in [-0.15, -0.1) is 0 Å². The summed E-state index contributed by atoms with van der Waals surface area (Å²) in [5, 5.41) is 20.1. The smallest absolute Gasteiger partial charge is 0.223 e. The van der Waals surface area contributed by atoms with Gasteiger partial charge in [0, 0.05) is 91.5 Å². The van der Waals surface area contributed by atoms with Gasteiger partial charge in [-0.2, -0.15) is 0 Å². The summed E-state index contributed by atoms with van der Waals surface area (Å²) in [6, 6.07) is 15.4. The number of rotatable bonds is 4. The summed E-state index contributed by atoms with van der Waals surface area (Å²) in [6.07, 6.45) is 2.97. The number of hydrogen-bond acceptors (Lipinski definition) is 6. The molecular weight excluding hydrogens is 570 g/mol. The number of pyridine rings is 2. The van der Waals surface area contributed by atoms with Crippen molar-refractivity contribution in [2.45, 2.75) is 39.3 Å². The van der Waals surface area contributed by atoms with E-state index in [0.29, 0.717) is 43.3 Å². The molecule has 0 amide bonds. The second-order valence-electron chi connectivity index (χ2n) is 10.1. The lowest BCUT2D eigenvalue weighted by atomic mass is 10.1. The Balaban J connectivity index is 0.000000165. The molecule has 8 nitrogen and oxygen atoms in total. The van der Waals surface area contributed by atoms with E-state index >= 15 is 0 Å². The molecule has 2 aromatic carbocycles. The number of halogens is 3. The van der Waals surface area contributed by atoms with Crippen LogP contribution in [0.3, 0.4) is 0 Å². The quantitative estimate of drug-likeness (QED) is 0.357. The monoisotopic (exact) mass is 598 g/mol. The van der Waals surface area contributed by atoms with Crippen molar-refractivity contribution in [1.29, 1.82) is 0 Å². The average Bonchev–Trinajstić information content (AvgIpc) is 2.94. The zero-order valence-electron chi connectivity index (χ0n) is 22.1. The van der Waals surface area contributed by atoms with Gasteiger partial charge in [0.15, 0.2) is 11.5 Å². The highest BCUT2D eigenvalue weighted by molar-refractivity contribution is 6.31. The van der Waals surface area contributed by atoms with Crippen LogP contribution in [0.15, 0.2) is 76.6 Å². The van der Waals surface area contributed by atoms with Crippen LogP contribution >= 0.6 is 23.2 Å². The molecule has 0 aliphatic carbocycles. The van der Waals surface area contributed by atoms with Gasteiger partial charge < -0.3 is 19.3 Å². The summed E-state index contributed by atoms with van der Waals surface area (Å²) in [5.74, 6) is -0.756. The van der Waals surface area contributed by atoms with E-state index in [1.807, 2.05) is 38.3 Å². The van der Waals surface area contributed by atoms with Gasteiger partial charge in [0.05, 0.1) is 12.4 Å². The number of fused-ring (bicyclic) bond motifs is 2. The molecule has 2 aliphatic rings. The summed E-state index contributed by atoms with van der Waals surface area (Å²) in [5.41, 5.74) is 2.56. The maximum Gasteiger partial charge on any atom is 0.223 e. The van der Waals surface area contributed by atoms with Gasteiger partial charge in [-0.3, -0.25) is 19.4 Å². The molecule has 0 unspecified atom stereocenters. The molecule has 41 heavy (non-hydrogen) atoms. The predicted octanol–water partition coefficient (Wildman–Crippen LogP) is 4.59. The van der Waals surface area contributed by atoms with Crippen LogP contribution in [-0.4, -0.2) is 42.2 Å². The molecule has 4 aromatic rings. The molecule has 0 saturated carbocycles. The summed E-state index contributed by atoms with van der Waals surface area (Å²) in [7, 11) is 0. The van der Waals surface area contributed by atoms with Crippen LogP contribution in [0.1, 0.15) is 22.5 Å². The van der Waals surface area contributed by atoms with Gasteiger partial charge in [0.2, 0.25) is 10.9 Å². The summed E-state index contributed by atoms with van der Waals surface area (Å²) in [6.45, 7) is 5.29. The molecule has 0 spiro atoms. The van der Waals surface area contributed by atoms with Crippen molar-refractivity contribution in [2.24, 2.45) is 0 Å². The fraction of sp³-hybridized carbons (Fsp3) is 0.267. The predicted molar refractivity (Wildman–Crippen MR) is 156 cm³/mol. The Bertz CT molecular complexity index is 1670. The molecule has 0 bridgehead atoms. The van der Waals surface area contributed by atoms with Crippen LogP contribution in [0, 0.1) is 5.82 Å². The zero-order chi connectivity index (χ0) is 29.1. The summed E-state index contributed by atoms with van der Waals surface area (Å²) < 4.78 is 17.6. The van der Waals surface area contributed by atoms with Gasteiger partial charge in [-0.1, -0.05) is 47.5 Å². The van der Waals surface area contributed by atoms with Crippen LogP contribution in [0.2, 0.25) is 10.0 Å². The minimum absolute atomic E-state index is 0.187. The average molecular weight is 599 g/mol. The van der Waals surface area contributed by atoms with Crippen molar-refractivity contribution >= 4 is 23.2 Å². The summed E-state index contributed by atoms with van der Waals surface area (Å²) in [4.78, 5) is 27.3. The lowest BCUT2D eigenvalue weighted by molar-refractivity contribution is 0.207. The third-order valence-electron chi connectivity index (χ3n) is 7.28. The number of benzene rings is 2. The molecule has 0 atom stereocenters. The van der Waals surface area contributed by atoms with Gasteiger partial charge in [-0.05, 0) is 23.8 Å². The van der Waals surface area contributed by atoms with Crippen molar-refractivity contribution in [3.05, 3.63) is 126 Å². The molecule has 2 aliphatic heterocycles. The Kier molecular flexibility index (Phi) is 8.79. The van der Waals surface area contributed by atoms with E-state index in [1.54, 1.807) is 12.1 Å². The van der Waals surface area contributed by atoms with Gasteiger partial charge in [0.1, 0.15) is 5.82 Å².